The Morgan fingerprint density at radius 2 is 1.95 bits per heavy atom. The number of thioether (sulfide) groups is 1. The smallest absolute Gasteiger partial charge is 0.340 e. The molecule has 0 aliphatic heterocycles. The Balaban J connectivity index is 2.01. The minimum Gasteiger partial charge on any atom is -0.465 e. The summed E-state index contributed by atoms with van der Waals surface area (Å²) in [7, 11) is 1.32. The molecule has 4 nitrogen and oxygen atoms in total. The monoisotopic (exact) mass is 321 g/mol. The van der Waals surface area contributed by atoms with Crippen molar-refractivity contribution < 1.29 is 14.3 Å². The fraction of sp³-hybridized carbons (Fsp3) is 0.200. The van der Waals surface area contributed by atoms with Gasteiger partial charge in [-0.3, -0.25) is 4.79 Å². The minimum absolute atomic E-state index is 0.153. The van der Waals surface area contributed by atoms with Crippen LogP contribution in [0.4, 0.5) is 5.00 Å². The molecule has 1 aromatic carbocycles. The lowest BCUT2D eigenvalue weighted by atomic mass is 10.1. The predicted molar refractivity (Wildman–Crippen MR) is 86.2 cm³/mol. The molecule has 0 saturated heterocycles. The second kappa shape index (κ2) is 7.28. The van der Waals surface area contributed by atoms with Crippen molar-refractivity contribution in [2.75, 3.05) is 18.7 Å². The molecule has 0 unspecified atom stereocenters. The van der Waals surface area contributed by atoms with E-state index in [0.29, 0.717) is 10.6 Å². The first-order valence-corrected chi connectivity index (χ1v) is 8.33. The van der Waals surface area contributed by atoms with Gasteiger partial charge in [0.25, 0.3) is 0 Å². The third-order valence-corrected chi connectivity index (χ3v) is 4.42. The van der Waals surface area contributed by atoms with Crippen molar-refractivity contribution in [1.29, 1.82) is 0 Å². The van der Waals surface area contributed by atoms with Gasteiger partial charge in [-0.2, -0.15) is 0 Å². The Kier molecular flexibility index (Phi) is 5.41. The molecule has 0 aliphatic carbocycles. The van der Waals surface area contributed by atoms with E-state index in [1.165, 1.54) is 18.4 Å². The zero-order valence-corrected chi connectivity index (χ0v) is 13.3. The molecule has 0 radical (unpaired) electrons. The number of hydrogen-bond acceptors (Lipinski definition) is 5. The molecule has 2 rings (SSSR count). The van der Waals surface area contributed by atoms with Crippen molar-refractivity contribution in [3.8, 4) is 0 Å². The van der Waals surface area contributed by atoms with Crippen molar-refractivity contribution in [2.24, 2.45) is 0 Å². The van der Waals surface area contributed by atoms with Crippen molar-refractivity contribution >= 4 is 40.0 Å². The van der Waals surface area contributed by atoms with E-state index in [-0.39, 0.29) is 12.3 Å². The molecule has 1 heterocycles. The van der Waals surface area contributed by atoms with E-state index >= 15 is 0 Å². The number of methoxy groups -OCH3 is 1. The number of nitrogens with one attached hydrogen (secondary N) is 1. The molecule has 110 valence electrons. The van der Waals surface area contributed by atoms with Gasteiger partial charge in [-0.15, -0.1) is 23.1 Å². The molecule has 1 N–H and O–H groups in total. The van der Waals surface area contributed by atoms with Crippen molar-refractivity contribution in [3.05, 3.63) is 46.8 Å². The molecule has 0 spiro atoms. The quantitative estimate of drug-likeness (QED) is 0.677. The summed E-state index contributed by atoms with van der Waals surface area (Å²) < 4.78 is 4.67. The van der Waals surface area contributed by atoms with Crippen LogP contribution in [0.5, 0.6) is 0 Å². The fourth-order valence-corrected chi connectivity index (χ4v) is 2.98. The van der Waals surface area contributed by atoms with Crippen molar-refractivity contribution in [2.45, 2.75) is 11.3 Å². The van der Waals surface area contributed by atoms with Gasteiger partial charge < -0.3 is 10.1 Å². The van der Waals surface area contributed by atoms with Crippen LogP contribution >= 0.6 is 23.1 Å². The molecule has 0 fully saturated rings. The van der Waals surface area contributed by atoms with E-state index in [2.05, 4.69) is 10.1 Å². The highest BCUT2D eigenvalue weighted by Gasteiger charge is 2.15. The summed E-state index contributed by atoms with van der Waals surface area (Å²) in [5, 5.41) is 5.02. The molecule has 0 saturated carbocycles. The molecule has 0 bridgehead atoms. The lowest BCUT2D eigenvalue weighted by molar-refractivity contribution is -0.115. The van der Waals surface area contributed by atoms with Crippen LogP contribution in [0.15, 0.2) is 40.6 Å². The van der Waals surface area contributed by atoms with Gasteiger partial charge in [0.05, 0.1) is 19.1 Å². The summed E-state index contributed by atoms with van der Waals surface area (Å²) in [6.07, 6.45) is 2.28. The summed E-state index contributed by atoms with van der Waals surface area (Å²) in [6, 6.07) is 9.47. The van der Waals surface area contributed by atoms with Crippen LogP contribution in [0.1, 0.15) is 15.9 Å². The third kappa shape index (κ3) is 4.09. The molecule has 21 heavy (non-hydrogen) atoms. The maximum absolute atomic E-state index is 12.0. The SMILES string of the molecule is COC(=O)c1ccsc1NC(=O)Cc1ccc(SC)cc1. The second-order valence-electron chi connectivity index (χ2n) is 4.23. The Labute approximate surface area is 131 Å². The summed E-state index contributed by atoms with van der Waals surface area (Å²) in [5.74, 6) is -0.602. The van der Waals surface area contributed by atoms with Gasteiger partial charge >= 0.3 is 5.97 Å². The van der Waals surface area contributed by atoms with E-state index in [0.717, 1.165) is 10.5 Å². The first-order valence-electron chi connectivity index (χ1n) is 6.22. The maximum Gasteiger partial charge on any atom is 0.340 e. The van der Waals surface area contributed by atoms with Crippen molar-refractivity contribution in [1.82, 2.24) is 0 Å². The van der Waals surface area contributed by atoms with Crippen LogP contribution in [-0.2, 0) is 16.0 Å². The normalized spacial score (nSPS) is 10.2. The molecule has 0 aliphatic rings. The van der Waals surface area contributed by atoms with E-state index in [9.17, 15) is 9.59 Å². The number of rotatable bonds is 5. The first kappa shape index (κ1) is 15.6. The number of amides is 1. The van der Waals surface area contributed by atoms with Crippen LogP contribution < -0.4 is 5.32 Å². The van der Waals surface area contributed by atoms with Gasteiger partial charge in [0, 0.05) is 4.90 Å². The number of ether oxygens (including phenoxy) is 1. The van der Waals surface area contributed by atoms with E-state index in [1.807, 2.05) is 30.5 Å². The number of esters is 1. The molecule has 2 aromatic rings. The first-order chi connectivity index (χ1) is 10.1. The zero-order valence-electron chi connectivity index (χ0n) is 11.7. The number of hydrogen-bond donors (Lipinski definition) is 1. The lowest BCUT2D eigenvalue weighted by Crippen LogP contribution is -2.15. The molecule has 6 heteroatoms. The summed E-state index contributed by atoms with van der Waals surface area (Å²) >= 11 is 2.96. The Bertz CT molecular complexity index is 635. The molecular weight excluding hydrogens is 306 g/mol. The highest BCUT2D eigenvalue weighted by Crippen LogP contribution is 2.24. The van der Waals surface area contributed by atoms with Crippen LogP contribution in [-0.4, -0.2) is 25.2 Å². The lowest BCUT2D eigenvalue weighted by Gasteiger charge is -2.06. The average Bonchev–Trinajstić information content (AvgIpc) is 2.95. The highest BCUT2D eigenvalue weighted by atomic mass is 32.2. The minimum atomic E-state index is -0.448. The number of carbonyl (C=O) groups is 2. The molecule has 1 amide bonds. The average molecular weight is 321 g/mol. The molecular formula is C15H15NO3S2. The number of benzene rings is 1. The Morgan fingerprint density at radius 1 is 1.24 bits per heavy atom. The van der Waals surface area contributed by atoms with Gasteiger partial charge in [0.1, 0.15) is 5.00 Å². The Morgan fingerprint density at radius 3 is 2.57 bits per heavy atom. The van der Waals surface area contributed by atoms with Crippen LogP contribution in [0, 0.1) is 0 Å². The van der Waals surface area contributed by atoms with Gasteiger partial charge in [0.15, 0.2) is 0 Å². The summed E-state index contributed by atoms with van der Waals surface area (Å²) in [6.45, 7) is 0. The van der Waals surface area contributed by atoms with Gasteiger partial charge in [0.2, 0.25) is 5.91 Å². The topological polar surface area (TPSA) is 55.4 Å². The van der Waals surface area contributed by atoms with Crippen LogP contribution in [0.25, 0.3) is 0 Å². The molecule has 1 aromatic heterocycles. The number of carbonyl (C=O) groups excluding carboxylic acids is 2. The standard InChI is InChI=1S/C15H15NO3S2/c1-19-15(18)12-7-8-21-14(12)16-13(17)9-10-3-5-11(20-2)6-4-10/h3-8H,9H2,1-2H3,(H,16,17). The largest absolute Gasteiger partial charge is 0.465 e. The van der Waals surface area contributed by atoms with Crippen molar-refractivity contribution in [3.63, 3.8) is 0 Å². The molecule has 0 atom stereocenters. The fourth-order valence-electron chi connectivity index (χ4n) is 1.78. The maximum atomic E-state index is 12.0. The number of thiophene rings is 1. The van der Waals surface area contributed by atoms with E-state index in [4.69, 9.17) is 0 Å². The predicted octanol–water partition coefficient (Wildman–Crippen LogP) is 3.44. The van der Waals surface area contributed by atoms with Crippen LogP contribution in [0.2, 0.25) is 0 Å². The van der Waals surface area contributed by atoms with E-state index in [1.54, 1.807) is 23.2 Å². The Hall–Kier alpha value is -1.79. The zero-order chi connectivity index (χ0) is 15.2. The summed E-state index contributed by atoms with van der Waals surface area (Å²) in [5.41, 5.74) is 1.31. The third-order valence-electron chi connectivity index (χ3n) is 2.85. The number of anilines is 1. The van der Waals surface area contributed by atoms with Gasteiger partial charge in [-0.1, -0.05) is 12.1 Å². The second-order valence-corrected chi connectivity index (χ2v) is 6.02. The van der Waals surface area contributed by atoms with Gasteiger partial charge in [-0.05, 0) is 35.4 Å². The van der Waals surface area contributed by atoms with E-state index < -0.39 is 5.97 Å². The van der Waals surface area contributed by atoms with Crippen LogP contribution in [0.3, 0.4) is 0 Å². The highest BCUT2D eigenvalue weighted by molar-refractivity contribution is 7.98. The summed E-state index contributed by atoms with van der Waals surface area (Å²) in [4.78, 5) is 24.7. The van der Waals surface area contributed by atoms with Gasteiger partial charge in [-0.25, -0.2) is 4.79 Å².